The summed E-state index contributed by atoms with van der Waals surface area (Å²) in [6, 6.07) is 40.5. The maximum atomic E-state index is 14.1. The maximum Gasteiger partial charge on any atom is 0.413 e. The molecule has 13 nitrogen and oxygen atoms in total. The Labute approximate surface area is 420 Å². The second kappa shape index (κ2) is 20.5. The Kier molecular flexibility index (Phi) is 13.6. The van der Waals surface area contributed by atoms with Gasteiger partial charge in [-0.05, 0) is 137 Å². The van der Waals surface area contributed by atoms with Crippen molar-refractivity contribution in [1.82, 2.24) is 40.5 Å². The average molecular weight is 963 g/mol. The third-order valence-corrected chi connectivity index (χ3v) is 14.3. The van der Waals surface area contributed by atoms with Gasteiger partial charge in [0.2, 0.25) is 11.8 Å². The summed E-state index contributed by atoms with van der Waals surface area (Å²) in [7, 11) is 0. The molecule has 3 amide bonds. The van der Waals surface area contributed by atoms with E-state index in [4.69, 9.17) is 19.5 Å². The van der Waals surface area contributed by atoms with Crippen LogP contribution in [0.4, 0.5) is 4.79 Å². The first-order chi connectivity index (χ1) is 34.9. The molecule has 10 rings (SSSR count). The molecule has 0 spiro atoms. The lowest BCUT2D eigenvalue weighted by Crippen LogP contribution is -2.51. The van der Waals surface area contributed by atoms with Gasteiger partial charge < -0.3 is 34.7 Å². The van der Waals surface area contributed by atoms with Crippen LogP contribution >= 0.6 is 0 Å². The second-order valence-electron chi connectivity index (χ2n) is 19.9. The molecular formula is C59H62N8O5. The van der Waals surface area contributed by atoms with E-state index in [0.717, 1.165) is 81.9 Å². The Morgan fingerprint density at radius 2 is 1.18 bits per heavy atom. The Morgan fingerprint density at radius 3 is 1.81 bits per heavy atom. The lowest BCUT2D eigenvalue weighted by molar-refractivity contribution is -0.138. The molecule has 2 fully saturated rings. The molecule has 4 atom stereocenters. The van der Waals surface area contributed by atoms with Crippen molar-refractivity contribution in [2.75, 3.05) is 13.1 Å². The minimum Gasteiger partial charge on any atom is -0.410 e. The fraction of sp³-hybridized carbons (Fsp3) is 0.305. The minimum absolute atomic E-state index is 0.00393. The summed E-state index contributed by atoms with van der Waals surface area (Å²) >= 11 is 0. The van der Waals surface area contributed by atoms with Crippen LogP contribution in [-0.2, 0) is 9.59 Å². The van der Waals surface area contributed by atoms with Crippen molar-refractivity contribution in [2.24, 2.45) is 11.8 Å². The highest BCUT2D eigenvalue weighted by Crippen LogP contribution is 2.41. The van der Waals surface area contributed by atoms with Crippen molar-refractivity contribution < 1.29 is 24.0 Å². The third-order valence-electron chi connectivity index (χ3n) is 14.3. The molecule has 2 saturated heterocycles. The Bertz CT molecular complexity index is 3240. The number of carbonyl (C=O) groups is 3. The molecule has 0 bridgehead atoms. The molecule has 0 aliphatic carbocycles. The zero-order chi connectivity index (χ0) is 50.0. The number of hydroxylamine groups is 1. The largest absolute Gasteiger partial charge is 0.413 e. The number of likely N-dealkylation sites (tertiary alicyclic amines) is 2. The van der Waals surface area contributed by atoms with Crippen molar-refractivity contribution in [2.45, 2.75) is 91.4 Å². The minimum atomic E-state index is -0.754. The number of hydrogen-bond acceptors (Lipinski definition) is 8. The summed E-state index contributed by atoms with van der Waals surface area (Å²) < 4.78 is 5.47. The van der Waals surface area contributed by atoms with Crippen LogP contribution in [-0.4, -0.2) is 72.8 Å². The van der Waals surface area contributed by atoms with E-state index < -0.39 is 18.2 Å². The summed E-state index contributed by atoms with van der Waals surface area (Å²) in [5.74, 6) is 2.29. The lowest BCUT2D eigenvalue weighted by Gasteiger charge is -2.30. The van der Waals surface area contributed by atoms with Crippen LogP contribution in [0.5, 0.6) is 11.5 Å². The monoisotopic (exact) mass is 962 g/mol. The lowest BCUT2D eigenvalue weighted by atomic mass is 9.87. The Morgan fingerprint density at radius 1 is 0.625 bits per heavy atom. The van der Waals surface area contributed by atoms with Gasteiger partial charge in [0.05, 0.1) is 35.0 Å². The van der Waals surface area contributed by atoms with Crippen LogP contribution in [0.1, 0.15) is 88.2 Å². The van der Waals surface area contributed by atoms with E-state index >= 15 is 0 Å². The van der Waals surface area contributed by atoms with Crippen molar-refractivity contribution in [3.63, 3.8) is 0 Å². The number of imidazole rings is 2. The predicted molar refractivity (Wildman–Crippen MR) is 282 cm³/mol. The van der Waals surface area contributed by atoms with Gasteiger partial charge in [-0.3, -0.25) is 9.59 Å². The van der Waals surface area contributed by atoms with Crippen LogP contribution in [0.3, 0.4) is 0 Å². The fourth-order valence-electron chi connectivity index (χ4n) is 10.5. The highest BCUT2D eigenvalue weighted by atomic mass is 16.6. The second-order valence-corrected chi connectivity index (χ2v) is 19.9. The molecule has 2 aliphatic heterocycles. The number of carbonyl (C=O) groups excluding carboxylic acids is 3. The molecule has 6 aromatic carbocycles. The van der Waals surface area contributed by atoms with Crippen LogP contribution in [0.2, 0.25) is 0 Å². The summed E-state index contributed by atoms with van der Waals surface area (Å²) in [5.41, 5.74) is 13.5. The average Bonchev–Trinajstić information content (AvgIpc) is 4.24. The highest BCUT2D eigenvalue weighted by Gasteiger charge is 2.39. The van der Waals surface area contributed by atoms with Gasteiger partial charge in [-0.2, -0.15) is 0 Å². The van der Waals surface area contributed by atoms with Gasteiger partial charge in [0.15, 0.2) is 0 Å². The summed E-state index contributed by atoms with van der Waals surface area (Å²) in [5, 5.41) is 5.22. The van der Waals surface area contributed by atoms with Crippen molar-refractivity contribution >= 4 is 39.7 Å². The number of nitrogens with zero attached hydrogens (tertiary/aromatic N) is 4. The van der Waals surface area contributed by atoms with E-state index in [1.54, 1.807) is 24.3 Å². The van der Waals surface area contributed by atoms with Crippen LogP contribution in [0.15, 0.2) is 134 Å². The number of aromatic nitrogens is 4. The fourth-order valence-corrected chi connectivity index (χ4v) is 10.5. The molecule has 0 unspecified atom stereocenters. The summed E-state index contributed by atoms with van der Waals surface area (Å²) in [6.45, 7) is 13.5. The first-order valence-corrected chi connectivity index (χ1v) is 25.2. The van der Waals surface area contributed by atoms with Gasteiger partial charge in [0, 0.05) is 13.1 Å². The van der Waals surface area contributed by atoms with E-state index in [2.05, 4.69) is 101 Å². The first-order valence-electron chi connectivity index (χ1n) is 25.2. The molecule has 0 radical (unpaired) electrons. The van der Waals surface area contributed by atoms with Crippen molar-refractivity contribution in [3.05, 3.63) is 156 Å². The number of hydrogen-bond donors (Lipinski definition) is 4. The Hall–Kier alpha value is -7.77. The first kappa shape index (κ1) is 47.9. The molecule has 72 heavy (non-hydrogen) atoms. The van der Waals surface area contributed by atoms with E-state index in [1.165, 1.54) is 21.9 Å². The normalized spacial score (nSPS) is 16.7. The zero-order valence-electron chi connectivity index (χ0n) is 41.7. The maximum absolute atomic E-state index is 14.1. The number of amides is 3. The molecule has 4 N–H and O–H groups in total. The standard InChI is InChI=1S/C59H62N8O5/c1-35(2)53(64-59(70)71-42-15-9-7-10-16-42)57(68)66-31-13-19-49(66)55-60-34-48(63-55)40-25-23-39(24-26-40)44-28-29-45(52-38(6)22-21-37(5)51(44)52)41-27-30-46-47(33-41)62-56(61-46)50-20-14-32-67(50)58(69)54(36(3)4)65-72-43-17-11-8-12-18-43/h7-12,15-18,21-30,33-36,49-50,53-54,65H,13-14,19-20,31-32H2,1-6H3,(H,60,63)(H,61,62)(H,64,70)/t49-,50-,53-,54-/m0/s1. The SMILES string of the molecule is Cc1ccc(C)c2c(-c3ccc4nc([C@@H]5CCCN5C(=O)[C@@H](NOc5ccccc5)C(C)C)[nH]c4c3)ccc(-c3ccc(-c4cnc([C@@H]5CCCN5C(=O)[C@@H](NC(=O)Oc5ccccc5)C(C)C)[nH]4)cc3)c12. The van der Waals surface area contributed by atoms with Crippen LogP contribution in [0, 0.1) is 25.7 Å². The molecule has 2 aliphatic rings. The zero-order valence-corrected chi connectivity index (χ0v) is 41.7. The number of aromatic amines is 2. The highest BCUT2D eigenvalue weighted by molar-refractivity contribution is 6.08. The molecule has 0 saturated carbocycles. The summed E-state index contributed by atoms with van der Waals surface area (Å²) in [4.78, 5) is 67.7. The number of aryl methyl sites for hydroxylation is 2. The quantitative estimate of drug-likeness (QED) is 0.0785. The van der Waals surface area contributed by atoms with E-state index in [1.807, 2.05) is 80.1 Å². The van der Waals surface area contributed by atoms with Gasteiger partial charge in [0.1, 0.15) is 35.2 Å². The molecule has 2 aromatic heterocycles. The molecular weight excluding hydrogens is 901 g/mol. The number of ether oxygens (including phenoxy) is 1. The molecule has 368 valence electrons. The molecule has 8 aromatic rings. The van der Waals surface area contributed by atoms with Crippen LogP contribution < -0.4 is 20.4 Å². The number of benzene rings is 6. The van der Waals surface area contributed by atoms with Gasteiger partial charge in [-0.15, -0.1) is 5.48 Å². The van der Waals surface area contributed by atoms with Gasteiger partial charge in [-0.25, -0.2) is 14.8 Å². The van der Waals surface area contributed by atoms with Crippen LogP contribution in [0.25, 0.3) is 55.3 Å². The van der Waals surface area contributed by atoms with Gasteiger partial charge in [-0.1, -0.05) is 119 Å². The Balaban J connectivity index is 0.865. The van der Waals surface area contributed by atoms with Crippen molar-refractivity contribution in [1.29, 1.82) is 0 Å². The predicted octanol–water partition coefficient (Wildman–Crippen LogP) is 11.8. The van der Waals surface area contributed by atoms with Gasteiger partial charge in [0.25, 0.3) is 0 Å². The van der Waals surface area contributed by atoms with Crippen molar-refractivity contribution in [3.8, 4) is 45.0 Å². The third kappa shape index (κ3) is 9.68. The molecule has 13 heteroatoms. The van der Waals surface area contributed by atoms with Gasteiger partial charge >= 0.3 is 6.09 Å². The van der Waals surface area contributed by atoms with E-state index in [-0.39, 0.29) is 35.7 Å². The number of para-hydroxylation sites is 2. The number of H-pyrrole nitrogens is 2. The number of rotatable bonds is 14. The number of nitrogens with one attached hydrogen (secondary N) is 4. The smallest absolute Gasteiger partial charge is 0.410 e. The summed E-state index contributed by atoms with van der Waals surface area (Å²) in [6.07, 6.45) is 4.49. The topological polar surface area (TPSA) is 158 Å². The van der Waals surface area contributed by atoms with E-state index in [9.17, 15) is 14.4 Å². The van der Waals surface area contributed by atoms with E-state index in [0.29, 0.717) is 24.6 Å². The molecule has 4 heterocycles. The number of fused-ring (bicyclic) bond motifs is 2.